The van der Waals surface area contributed by atoms with Crippen LogP contribution >= 0.6 is 66.1 Å². The highest BCUT2D eigenvalue weighted by Crippen LogP contribution is 2.41. The summed E-state index contributed by atoms with van der Waals surface area (Å²) in [6.07, 6.45) is 4.97. The van der Waals surface area contributed by atoms with Crippen molar-refractivity contribution < 1.29 is 19.1 Å². The number of rotatable bonds is 11. The number of carbonyl (C=O) groups excluding carboxylic acids is 2. The lowest BCUT2D eigenvalue weighted by Crippen LogP contribution is -2.26. The molecule has 4 aromatic rings. The van der Waals surface area contributed by atoms with Crippen molar-refractivity contribution >= 4 is 99.7 Å². The minimum absolute atomic E-state index is 0.0578. The Morgan fingerprint density at radius 2 is 1.37 bits per heavy atom. The van der Waals surface area contributed by atoms with E-state index in [1.54, 1.807) is 7.11 Å². The molecule has 0 saturated heterocycles. The third kappa shape index (κ3) is 8.40. The third-order valence-corrected chi connectivity index (χ3v) is 11.1. The molecule has 0 aliphatic carbocycles. The largest absolute Gasteiger partial charge is 0.496 e. The summed E-state index contributed by atoms with van der Waals surface area (Å²) in [7, 11) is 1.67. The van der Waals surface area contributed by atoms with Gasteiger partial charge in [0.2, 0.25) is 11.8 Å². The molecular formula is C31H38Br2ClIN4O4. The molecule has 0 aliphatic heterocycles. The zero-order valence-electron chi connectivity index (χ0n) is 25.1. The molecule has 12 heteroatoms. The second kappa shape index (κ2) is 16.4. The predicted molar refractivity (Wildman–Crippen MR) is 191 cm³/mol. The van der Waals surface area contributed by atoms with E-state index in [0.717, 1.165) is 51.4 Å². The lowest BCUT2D eigenvalue weighted by Gasteiger charge is -2.13. The van der Waals surface area contributed by atoms with E-state index in [0.29, 0.717) is 37.6 Å². The summed E-state index contributed by atoms with van der Waals surface area (Å²) in [5.74, 6) is 2.09. The van der Waals surface area contributed by atoms with E-state index >= 15 is 0 Å². The van der Waals surface area contributed by atoms with Crippen LogP contribution in [0.3, 0.4) is 0 Å². The van der Waals surface area contributed by atoms with E-state index in [-0.39, 0.29) is 23.7 Å². The number of hydrogen-bond donors (Lipinski definition) is 4. The van der Waals surface area contributed by atoms with Crippen LogP contribution < -0.4 is 20.1 Å². The number of hydrogen-bond acceptors (Lipinski definition) is 4. The van der Waals surface area contributed by atoms with Gasteiger partial charge < -0.3 is 30.1 Å². The second-order valence-electron chi connectivity index (χ2n) is 10.1. The van der Waals surface area contributed by atoms with Gasteiger partial charge >= 0.3 is 0 Å². The number of aromatic nitrogens is 2. The molecule has 2 aromatic heterocycles. The van der Waals surface area contributed by atoms with Crippen LogP contribution in [0.25, 0.3) is 21.8 Å². The summed E-state index contributed by atoms with van der Waals surface area (Å²) >= 11 is 15.7. The van der Waals surface area contributed by atoms with Crippen molar-refractivity contribution in [3.05, 3.63) is 53.2 Å². The molecule has 0 bridgehead atoms. The van der Waals surface area contributed by atoms with Gasteiger partial charge in [-0.15, -0.1) is 0 Å². The Kier molecular flexibility index (Phi) is 13.5. The van der Waals surface area contributed by atoms with E-state index in [1.165, 1.54) is 5.56 Å². The quantitative estimate of drug-likeness (QED) is 0.113. The maximum absolute atomic E-state index is 11.4. The monoisotopic (exact) mass is 850 g/mol. The van der Waals surface area contributed by atoms with Crippen molar-refractivity contribution in [2.24, 2.45) is 0 Å². The Hall–Kier alpha value is -1.96. The number of amides is 2. The average Bonchev–Trinajstić information content (AvgIpc) is 3.64. The van der Waals surface area contributed by atoms with Gasteiger partial charge in [0.05, 0.1) is 42.3 Å². The number of nitrogens with one attached hydrogen (secondary N) is 4. The van der Waals surface area contributed by atoms with Crippen LogP contribution in [0, 0.1) is 3.57 Å². The average molecular weight is 853 g/mol. The topological polar surface area (TPSA) is 108 Å². The summed E-state index contributed by atoms with van der Waals surface area (Å²) in [6.45, 7) is 11.6. The molecule has 2 atom stereocenters. The first kappa shape index (κ1) is 35.5. The number of aromatic amines is 2. The van der Waals surface area contributed by atoms with Gasteiger partial charge in [-0.2, -0.15) is 0 Å². The molecular weight excluding hydrogens is 815 g/mol. The molecule has 2 heterocycles. The van der Waals surface area contributed by atoms with Gasteiger partial charge in [-0.05, 0) is 84.6 Å². The maximum Gasteiger partial charge on any atom is 0.219 e. The van der Waals surface area contributed by atoms with Crippen LogP contribution in [0.15, 0.2) is 33.5 Å². The normalized spacial score (nSPS) is 12.4. The molecule has 0 fully saturated rings. The van der Waals surface area contributed by atoms with Crippen LogP contribution in [0.2, 0.25) is 5.02 Å². The number of methoxy groups -OCH3 is 1. The Bertz CT molecular complexity index is 1590. The summed E-state index contributed by atoms with van der Waals surface area (Å²) in [6, 6.07) is 4.02. The fourth-order valence-electron chi connectivity index (χ4n) is 4.63. The van der Waals surface area contributed by atoms with Gasteiger partial charge in [-0.25, -0.2) is 0 Å². The van der Waals surface area contributed by atoms with Crippen LogP contribution in [0.4, 0.5) is 0 Å². The number of carbonyl (C=O) groups is 2. The molecule has 2 amide bonds. The fourth-order valence-corrected chi connectivity index (χ4v) is 6.49. The fraction of sp³-hybridized carbons (Fsp3) is 0.419. The molecule has 8 nitrogen and oxygen atoms in total. The first-order valence-corrected chi connectivity index (χ1v) is 17.2. The Balaban J connectivity index is 0.000000236. The minimum atomic E-state index is 0.0578. The number of ether oxygens (including phenoxy) is 2. The zero-order valence-corrected chi connectivity index (χ0v) is 31.2. The maximum atomic E-state index is 11.4. The molecule has 2 unspecified atom stereocenters. The number of benzene rings is 2. The Morgan fingerprint density at radius 3 is 1.86 bits per heavy atom. The van der Waals surface area contributed by atoms with E-state index in [1.807, 2.05) is 45.3 Å². The zero-order chi connectivity index (χ0) is 31.8. The van der Waals surface area contributed by atoms with Crippen molar-refractivity contribution in [2.45, 2.75) is 59.3 Å². The summed E-state index contributed by atoms with van der Waals surface area (Å²) in [5.41, 5.74) is 4.26. The highest BCUT2D eigenvalue weighted by atomic mass is 127. The van der Waals surface area contributed by atoms with E-state index in [2.05, 4.69) is 88.9 Å². The molecule has 4 N–H and O–H groups in total. The first-order valence-electron chi connectivity index (χ1n) is 14.2. The van der Waals surface area contributed by atoms with Gasteiger partial charge in [0, 0.05) is 60.9 Å². The smallest absolute Gasteiger partial charge is 0.219 e. The van der Waals surface area contributed by atoms with Crippen LogP contribution in [-0.4, -0.2) is 48.6 Å². The SMILES string of the molecule is CCC(=O)NCC(C)c1c[nH]c2c(I)c(Br)c(OC)cc12.CCOc1cc2c(C(C)CNC(=O)CC)c[nH]c2c(Cl)c1Br. The van der Waals surface area contributed by atoms with Crippen molar-refractivity contribution in [1.82, 2.24) is 20.6 Å². The Morgan fingerprint density at radius 1 is 0.884 bits per heavy atom. The van der Waals surface area contributed by atoms with Crippen molar-refractivity contribution in [3.8, 4) is 11.5 Å². The van der Waals surface area contributed by atoms with Crippen molar-refractivity contribution in [2.75, 3.05) is 26.8 Å². The molecule has 43 heavy (non-hydrogen) atoms. The van der Waals surface area contributed by atoms with Gasteiger partial charge in [0.15, 0.2) is 0 Å². The third-order valence-electron chi connectivity index (χ3n) is 7.15. The van der Waals surface area contributed by atoms with Crippen molar-refractivity contribution in [1.29, 1.82) is 0 Å². The summed E-state index contributed by atoms with van der Waals surface area (Å²) in [4.78, 5) is 29.4. The molecule has 0 saturated carbocycles. The summed E-state index contributed by atoms with van der Waals surface area (Å²) in [5, 5.41) is 8.64. The number of halogens is 4. The Labute approximate surface area is 288 Å². The lowest BCUT2D eigenvalue weighted by atomic mass is 10.00. The highest BCUT2D eigenvalue weighted by molar-refractivity contribution is 14.1. The highest BCUT2D eigenvalue weighted by Gasteiger charge is 2.19. The van der Waals surface area contributed by atoms with Crippen LogP contribution in [0.1, 0.15) is 70.4 Å². The second-order valence-corrected chi connectivity index (χ2v) is 13.1. The van der Waals surface area contributed by atoms with Gasteiger partial charge in [-0.3, -0.25) is 9.59 Å². The lowest BCUT2D eigenvalue weighted by molar-refractivity contribution is -0.121. The molecule has 234 valence electrons. The van der Waals surface area contributed by atoms with Crippen LogP contribution in [0.5, 0.6) is 11.5 Å². The molecule has 2 aromatic carbocycles. The van der Waals surface area contributed by atoms with E-state index < -0.39 is 0 Å². The number of fused-ring (bicyclic) bond motifs is 2. The minimum Gasteiger partial charge on any atom is -0.496 e. The van der Waals surface area contributed by atoms with Crippen molar-refractivity contribution in [3.63, 3.8) is 0 Å². The summed E-state index contributed by atoms with van der Waals surface area (Å²) < 4.78 is 13.9. The molecule has 0 spiro atoms. The first-order chi connectivity index (χ1) is 20.5. The number of H-pyrrole nitrogens is 2. The van der Waals surface area contributed by atoms with Gasteiger partial charge in [0.1, 0.15) is 11.5 Å². The van der Waals surface area contributed by atoms with Gasteiger partial charge in [0.25, 0.3) is 0 Å². The van der Waals surface area contributed by atoms with Gasteiger partial charge in [-0.1, -0.05) is 39.3 Å². The van der Waals surface area contributed by atoms with E-state index in [9.17, 15) is 9.59 Å². The predicted octanol–water partition coefficient (Wildman–Crippen LogP) is 8.79. The molecule has 0 radical (unpaired) electrons. The van der Waals surface area contributed by atoms with Crippen LogP contribution in [-0.2, 0) is 9.59 Å². The molecule has 0 aliphatic rings. The standard InChI is InChI=1S/C16H20BrClN2O2.C15H18BrIN2O2/c1-4-13(21)19-7-9(3)11-8-20-16-10(11)6-12(22-5-2)14(17)15(16)18;1-4-12(20)18-6-8(2)10-7-19-15-9(10)5-11(21-3)13(16)14(15)17/h6,8-9,20H,4-5,7H2,1-3H3,(H,19,21);5,7-8,19H,4,6H2,1-3H3,(H,18,20). The molecule has 4 rings (SSSR count). The van der Waals surface area contributed by atoms with E-state index in [4.69, 9.17) is 21.1 Å².